The first-order valence-electron chi connectivity index (χ1n) is 9.62. The van der Waals surface area contributed by atoms with Crippen LogP contribution in [0.4, 0.5) is 0 Å². The lowest BCUT2D eigenvalue weighted by Crippen LogP contribution is -2.31. The maximum atomic E-state index is 12.4. The third kappa shape index (κ3) is 4.43. The van der Waals surface area contributed by atoms with Crippen LogP contribution in [0.1, 0.15) is 54.2 Å². The highest BCUT2D eigenvalue weighted by Crippen LogP contribution is 2.34. The topological polar surface area (TPSA) is 57.2 Å². The van der Waals surface area contributed by atoms with Crippen LogP contribution >= 0.6 is 0 Å². The minimum atomic E-state index is -0.0413. The van der Waals surface area contributed by atoms with Crippen molar-refractivity contribution in [3.8, 4) is 0 Å². The highest BCUT2D eigenvalue weighted by atomic mass is 16.5. The van der Waals surface area contributed by atoms with Crippen molar-refractivity contribution in [3.05, 3.63) is 69.6 Å². The Morgan fingerprint density at radius 2 is 1.88 bits per heavy atom. The van der Waals surface area contributed by atoms with Crippen molar-refractivity contribution >= 4 is 0 Å². The maximum Gasteiger partial charge on any atom is 0.253 e. The third-order valence-electron chi connectivity index (χ3n) is 5.55. The van der Waals surface area contributed by atoms with Crippen LogP contribution in [-0.4, -0.2) is 23.8 Å². The number of benzene rings is 1. The number of hydrogen-bond acceptors (Lipinski definition) is 3. The molecule has 1 aromatic carbocycles. The van der Waals surface area contributed by atoms with E-state index in [0.717, 1.165) is 36.8 Å². The molecule has 0 bridgehead atoms. The Kier molecular flexibility index (Phi) is 6.28. The van der Waals surface area contributed by atoms with Crippen LogP contribution in [0, 0.1) is 6.92 Å². The van der Waals surface area contributed by atoms with Crippen LogP contribution in [0.3, 0.4) is 0 Å². The lowest BCUT2D eigenvalue weighted by atomic mass is 9.83. The van der Waals surface area contributed by atoms with Gasteiger partial charge in [0.2, 0.25) is 0 Å². The minimum absolute atomic E-state index is 0.0300. The van der Waals surface area contributed by atoms with Gasteiger partial charge >= 0.3 is 0 Å². The Bertz CT molecular complexity index is 761. The van der Waals surface area contributed by atoms with Gasteiger partial charge in [-0.3, -0.25) is 4.79 Å². The van der Waals surface area contributed by atoms with Crippen molar-refractivity contribution in [2.75, 3.05) is 13.2 Å². The molecule has 0 saturated heterocycles. The summed E-state index contributed by atoms with van der Waals surface area (Å²) < 4.78 is 7.82. The van der Waals surface area contributed by atoms with Crippen LogP contribution in [0.5, 0.6) is 0 Å². The lowest BCUT2D eigenvalue weighted by molar-refractivity contribution is 0.0172. The first kappa shape index (κ1) is 18.9. The number of rotatable bonds is 6. The van der Waals surface area contributed by atoms with Crippen LogP contribution in [0.2, 0.25) is 0 Å². The zero-order valence-electron chi connectivity index (χ0n) is 15.9. The van der Waals surface area contributed by atoms with Crippen molar-refractivity contribution in [1.82, 2.24) is 4.57 Å². The van der Waals surface area contributed by atoms with Crippen LogP contribution < -0.4 is 11.3 Å². The molecule has 0 spiro atoms. The lowest BCUT2D eigenvalue weighted by Gasteiger charge is -2.30. The van der Waals surface area contributed by atoms with E-state index in [2.05, 4.69) is 30.3 Å². The molecule has 1 aliphatic carbocycles. The zero-order valence-corrected chi connectivity index (χ0v) is 15.9. The molecule has 3 rings (SSSR count). The monoisotopic (exact) mass is 354 g/mol. The second kappa shape index (κ2) is 8.65. The molecule has 1 heterocycles. The van der Waals surface area contributed by atoms with E-state index in [9.17, 15) is 4.79 Å². The third-order valence-corrected chi connectivity index (χ3v) is 5.55. The van der Waals surface area contributed by atoms with Crippen LogP contribution in [-0.2, 0) is 11.8 Å². The van der Waals surface area contributed by atoms with Gasteiger partial charge in [0, 0.05) is 31.3 Å². The van der Waals surface area contributed by atoms with Gasteiger partial charge in [-0.2, -0.15) is 0 Å². The molecule has 0 amide bonds. The Hall–Kier alpha value is -1.91. The first-order valence-corrected chi connectivity index (χ1v) is 9.62. The molecule has 4 heteroatoms. The van der Waals surface area contributed by atoms with E-state index in [1.165, 1.54) is 5.56 Å². The van der Waals surface area contributed by atoms with Crippen molar-refractivity contribution in [2.45, 2.75) is 50.5 Å². The second-order valence-corrected chi connectivity index (χ2v) is 7.54. The van der Waals surface area contributed by atoms with Gasteiger partial charge in [-0.25, -0.2) is 0 Å². The zero-order chi connectivity index (χ0) is 18.5. The number of nitrogens with two attached hydrogens (primary N) is 1. The smallest absolute Gasteiger partial charge is 0.253 e. The number of ether oxygens (including phenoxy) is 1. The molecule has 4 nitrogen and oxygen atoms in total. The molecule has 2 N–H and O–H groups in total. The van der Waals surface area contributed by atoms with Gasteiger partial charge in [0.1, 0.15) is 0 Å². The second-order valence-electron chi connectivity index (χ2n) is 7.54. The summed E-state index contributed by atoms with van der Waals surface area (Å²) in [5, 5.41) is 0. The molecule has 1 fully saturated rings. The molecule has 1 saturated carbocycles. The standard InChI is InChI=1S/C22H30N2O2/c1-16-12-21(22(25)24(2)14-16)19(13-23)15-26-20-10-8-18(9-11-20)17-6-4-3-5-7-17/h3-7,12,14,18-20H,8-11,13,15,23H2,1-2H3/t18-,19?,20+. The highest BCUT2D eigenvalue weighted by Gasteiger charge is 2.24. The minimum Gasteiger partial charge on any atom is -0.378 e. The number of aryl methyl sites for hydroxylation is 2. The fourth-order valence-corrected chi connectivity index (χ4v) is 4.03. The SMILES string of the molecule is Cc1cc(C(CN)CO[C@H]2CC[C@@H](c3ccccc3)CC2)c(=O)n(C)c1. The van der Waals surface area contributed by atoms with Crippen LogP contribution in [0.15, 0.2) is 47.4 Å². The van der Waals surface area contributed by atoms with Gasteiger partial charge in [0.25, 0.3) is 5.56 Å². The molecule has 1 aromatic heterocycles. The molecule has 1 aliphatic rings. The number of pyridine rings is 1. The van der Waals surface area contributed by atoms with Crippen molar-refractivity contribution in [3.63, 3.8) is 0 Å². The van der Waals surface area contributed by atoms with Gasteiger partial charge in [-0.15, -0.1) is 0 Å². The maximum absolute atomic E-state index is 12.4. The molecular weight excluding hydrogens is 324 g/mol. The molecule has 2 aromatic rings. The molecule has 140 valence electrons. The van der Waals surface area contributed by atoms with E-state index in [-0.39, 0.29) is 17.6 Å². The predicted molar refractivity (Wildman–Crippen MR) is 106 cm³/mol. The summed E-state index contributed by atoms with van der Waals surface area (Å²) in [7, 11) is 1.79. The molecule has 0 radical (unpaired) electrons. The molecule has 0 aliphatic heterocycles. The van der Waals surface area contributed by atoms with E-state index in [1.54, 1.807) is 11.6 Å². The fourth-order valence-electron chi connectivity index (χ4n) is 4.03. The van der Waals surface area contributed by atoms with E-state index in [4.69, 9.17) is 10.5 Å². The quantitative estimate of drug-likeness (QED) is 0.864. The Morgan fingerprint density at radius 1 is 1.19 bits per heavy atom. The van der Waals surface area contributed by atoms with Crippen molar-refractivity contribution in [1.29, 1.82) is 0 Å². The van der Waals surface area contributed by atoms with E-state index in [1.807, 2.05) is 19.2 Å². The van der Waals surface area contributed by atoms with Gasteiger partial charge < -0.3 is 15.0 Å². The van der Waals surface area contributed by atoms with E-state index >= 15 is 0 Å². The first-order chi connectivity index (χ1) is 12.6. The van der Waals surface area contributed by atoms with Gasteiger partial charge in [-0.05, 0) is 55.7 Å². The van der Waals surface area contributed by atoms with Gasteiger partial charge in [0.15, 0.2) is 0 Å². The van der Waals surface area contributed by atoms with Crippen molar-refractivity contribution in [2.24, 2.45) is 12.8 Å². The Labute approximate surface area is 156 Å². The number of nitrogens with zero attached hydrogens (tertiary/aromatic N) is 1. The Morgan fingerprint density at radius 3 is 2.54 bits per heavy atom. The van der Waals surface area contributed by atoms with Gasteiger partial charge in [-0.1, -0.05) is 30.3 Å². The molecule has 1 unspecified atom stereocenters. The summed E-state index contributed by atoms with van der Waals surface area (Å²) in [5.41, 5.74) is 9.27. The van der Waals surface area contributed by atoms with Gasteiger partial charge in [0.05, 0.1) is 12.7 Å². The Balaban J connectivity index is 1.56. The number of aromatic nitrogens is 1. The molecule has 26 heavy (non-hydrogen) atoms. The number of hydrogen-bond donors (Lipinski definition) is 1. The average Bonchev–Trinajstić information content (AvgIpc) is 2.67. The summed E-state index contributed by atoms with van der Waals surface area (Å²) in [6.07, 6.45) is 6.59. The summed E-state index contributed by atoms with van der Waals surface area (Å²) in [6.45, 7) is 2.95. The molecular formula is C22H30N2O2. The summed E-state index contributed by atoms with van der Waals surface area (Å²) >= 11 is 0. The summed E-state index contributed by atoms with van der Waals surface area (Å²) in [4.78, 5) is 12.4. The van der Waals surface area contributed by atoms with E-state index < -0.39 is 0 Å². The largest absolute Gasteiger partial charge is 0.378 e. The van der Waals surface area contributed by atoms with E-state index in [0.29, 0.717) is 19.1 Å². The highest BCUT2D eigenvalue weighted by molar-refractivity contribution is 5.22. The summed E-state index contributed by atoms with van der Waals surface area (Å²) in [6, 6.07) is 12.7. The average molecular weight is 354 g/mol. The summed E-state index contributed by atoms with van der Waals surface area (Å²) in [5.74, 6) is 0.603. The van der Waals surface area contributed by atoms with Crippen LogP contribution in [0.25, 0.3) is 0 Å². The predicted octanol–water partition coefficient (Wildman–Crippen LogP) is 3.48. The normalized spacial score (nSPS) is 21.5. The fraction of sp³-hybridized carbons (Fsp3) is 0.500. The van der Waals surface area contributed by atoms with Crippen molar-refractivity contribution < 1.29 is 4.74 Å². The molecule has 1 atom stereocenters.